The minimum Gasteiger partial charge on any atom is -0.381 e. The van der Waals surface area contributed by atoms with E-state index in [1.54, 1.807) is 12.1 Å². The van der Waals surface area contributed by atoms with E-state index in [0.29, 0.717) is 5.41 Å². The predicted molar refractivity (Wildman–Crippen MR) is 75.6 cm³/mol. The molecular weight excluding hydrogens is 241 g/mol. The Bertz CT molecular complexity index is 401. The molecule has 0 spiro atoms. The van der Waals surface area contributed by atoms with Gasteiger partial charge in [-0.15, -0.1) is 0 Å². The summed E-state index contributed by atoms with van der Waals surface area (Å²) in [5, 5.41) is 3.60. The second kappa shape index (κ2) is 6.49. The van der Waals surface area contributed by atoms with Gasteiger partial charge in [-0.1, -0.05) is 26.0 Å². The highest BCUT2D eigenvalue weighted by Crippen LogP contribution is 2.30. The van der Waals surface area contributed by atoms with Crippen molar-refractivity contribution in [2.24, 2.45) is 5.41 Å². The summed E-state index contributed by atoms with van der Waals surface area (Å²) in [7, 11) is 0. The normalized spacial score (nSPS) is 20.2. The molecule has 106 valence electrons. The van der Waals surface area contributed by atoms with Crippen molar-refractivity contribution in [1.82, 2.24) is 5.32 Å². The molecule has 1 saturated heterocycles. The van der Waals surface area contributed by atoms with Crippen molar-refractivity contribution in [3.63, 3.8) is 0 Å². The van der Waals surface area contributed by atoms with Crippen LogP contribution in [0, 0.1) is 11.2 Å². The van der Waals surface area contributed by atoms with Crippen molar-refractivity contribution in [2.75, 3.05) is 19.8 Å². The molecule has 19 heavy (non-hydrogen) atoms. The van der Waals surface area contributed by atoms with Crippen LogP contribution >= 0.6 is 0 Å². The molecule has 3 heteroatoms. The van der Waals surface area contributed by atoms with Gasteiger partial charge in [0.05, 0.1) is 0 Å². The molecule has 0 aliphatic carbocycles. The fourth-order valence-electron chi connectivity index (χ4n) is 2.63. The maximum absolute atomic E-state index is 13.3. The highest BCUT2D eigenvalue weighted by molar-refractivity contribution is 5.20. The van der Waals surface area contributed by atoms with Gasteiger partial charge in [0, 0.05) is 25.8 Å². The molecule has 1 unspecified atom stereocenters. The summed E-state index contributed by atoms with van der Waals surface area (Å²) in [5.41, 5.74) is 1.34. The van der Waals surface area contributed by atoms with Crippen LogP contribution in [-0.2, 0) is 4.74 Å². The maximum atomic E-state index is 13.3. The first kappa shape index (κ1) is 14.5. The number of rotatable bonds is 5. The summed E-state index contributed by atoms with van der Waals surface area (Å²) in [5.74, 6) is -0.157. The van der Waals surface area contributed by atoms with Gasteiger partial charge in [-0.05, 0) is 42.4 Å². The molecule has 2 nitrogen and oxygen atoms in total. The molecule has 1 aromatic rings. The van der Waals surface area contributed by atoms with E-state index in [2.05, 4.69) is 19.2 Å². The zero-order valence-electron chi connectivity index (χ0n) is 11.9. The molecule has 0 amide bonds. The Morgan fingerprint density at radius 2 is 2.11 bits per heavy atom. The van der Waals surface area contributed by atoms with E-state index in [9.17, 15) is 4.39 Å². The zero-order chi connectivity index (χ0) is 13.7. The molecule has 0 aromatic heterocycles. The van der Waals surface area contributed by atoms with Gasteiger partial charge < -0.3 is 10.1 Å². The van der Waals surface area contributed by atoms with Crippen LogP contribution in [0.2, 0.25) is 0 Å². The Morgan fingerprint density at radius 1 is 1.37 bits per heavy atom. The van der Waals surface area contributed by atoms with E-state index in [1.807, 2.05) is 6.07 Å². The van der Waals surface area contributed by atoms with E-state index in [0.717, 1.165) is 44.6 Å². The first-order valence-corrected chi connectivity index (χ1v) is 7.19. The summed E-state index contributed by atoms with van der Waals surface area (Å²) in [6.07, 6.45) is 3.16. The number of nitrogens with one attached hydrogen (secondary N) is 1. The van der Waals surface area contributed by atoms with E-state index in [1.165, 1.54) is 6.07 Å². The Hall–Kier alpha value is -0.930. The number of ether oxygens (including phenoxy) is 1. The Morgan fingerprint density at radius 3 is 2.74 bits per heavy atom. The van der Waals surface area contributed by atoms with E-state index < -0.39 is 0 Å². The molecule has 1 heterocycles. The summed E-state index contributed by atoms with van der Waals surface area (Å²) in [6.45, 7) is 7.12. The lowest BCUT2D eigenvalue weighted by Gasteiger charge is -2.35. The Kier molecular flexibility index (Phi) is 4.94. The minimum absolute atomic E-state index is 0.157. The molecule has 0 saturated carbocycles. The highest BCUT2D eigenvalue weighted by atomic mass is 19.1. The molecule has 1 aliphatic heterocycles. The van der Waals surface area contributed by atoms with Crippen LogP contribution in [0.4, 0.5) is 4.39 Å². The molecule has 0 radical (unpaired) electrons. The van der Waals surface area contributed by atoms with Crippen molar-refractivity contribution in [1.29, 1.82) is 0 Å². The topological polar surface area (TPSA) is 21.3 Å². The molecule has 1 N–H and O–H groups in total. The van der Waals surface area contributed by atoms with Crippen molar-refractivity contribution < 1.29 is 9.13 Å². The van der Waals surface area contributed by atoms with Gasteiger partial charge in [0.25, 0.3) is 0 Å². The first-order chi connectivity index (χ1) is 9.13. The second-order valence-electron chi connectivity index (χ2n) is 5.82. The van der Waals surface area contributed by atoms with E-state index >= 15 is 0 Å². The summed E-state index contributed by atoms with van der Waals surface area (Å²) >= 11 is 0. The SMILES string of the molecule is CCC(NCC1(C)CCOCC1)c1cccc(F)c1. The highest BCUT2D eigenvalue weighted by Gasteiger charge is 2.27. The molecule has 0 bridgehead atoms. The first-order valence-electron chi connectivity index (χ1n) is 7.19. The van der Waals surface area contributed by atoms with Gasteiger partial charge in [-0.3, -0.25) is 0 Å². The van der Waals surface area contributed by atoms with Crippen molar-refractivity contribution in [2.45, 2.75) is 39.2 Å². The smallest absolute Gasteiger partial charge is 0.123 e. The predicted octanol–water partition coefficient (Wildman–Crippen LogP) is 3.68. The van der Waals surface area contributed by atoms with Crippen LogP contribution in [0.3, 0.4) is 0 Å². The lowest BCUT2D eigenvalue weighted by molar-refractivity contribution is 0.0228. The number of benzene rings is 1. The van der Waals surface area contributed by atoms with Crippen molar-refractivity contribution in [3.8, 4) is 0 Å². The third-order valence-corrected chi connectivity index (χ3v) is 4.13. The Labute approximate surface area is 115 Å². The maximum Gasteiger partial charge on any atom is 0.123 e. The second-order valence-corrected chi connectivity index (χ2v) is 5.82. The van der Waals surface area contributed by atoms with Gasteiger partial charge in [0.1, 0.15) is 5.82 Å². The third-order valence-electron chi connectivity index (χ3n) is 4.13. The van der Waals surface area contributed by atoms with Crippen LogP contribution in [0.1, 0.15) is 44.7 Å². The number of hydrogen-bond acceptors (Lipinski definition) is 2. The average molecular weight is 265 g/mol. The van der Waals surface area contributed by atoms with Crippen LogP contribution in [0.25, 0.3) is 0 Å². The molecule has 1 atom stereocenters. The monoisotopic (exact) mass is 265 g/mol. The van der Waals surface area contributed by atoms with Gasteiger partial charge in [-0.25, -0.2) is 4.39 Å². The van der Waals surface area contributed by atoms with Gasteiger partial charge in [0.15, 0.2) is 0 Å². The van der Waals surface area contributed by atoms with Crippen molar-refractivity contribution in [3.05, 3.63) is 35.6 Å². The fraction of sp³-hybridized carbons (Fsp3) is 0.625. The summed E-state index contributed by atoms with van der Waals surface area (Å²) in [4.78, 5) is 0. The van der Waals surface area contributed by atoms with Crippen LogP contribution in [-0.4, -0.2) is 19.8 Å². The van der Waals surface area contributed by atoms with E-state index in [-0.39, 0.29) is 11.9 Å². The van der Waals surface area contributed by atoms with Gasteiger partial charge in [0.2, 0.25) is 0 Å². The van der Waals surface area contributed by atoms with E-state index in [4.69, 9.17) is 4.74 Å². The average Bonchev–Trinajstić information content (AvgIpc) is 2.40. The van der Waals surface area contributed by atoms with Crippen LogP contribution in [0.15, 0.2) is 24.3 Å². The Balaban J connectivity index is 1.95. The zero-order valence-corrected chi connectivity index (χ0v) is 11.9. The number of halogens is 1. The quantitative estimate of drug-likeness (QED) is 0.877. The molecule has 1 aliphatic rings. The fourth-order valence-corrected chi connectivity index (χ4v) is 2.63. The molecule has 2 rings (SSSR count). The summed E-state index contributed by atoms with van der Waals surface area (Å²) in [6, 6.07) is 7.14. The lowest BCUT2D eigenvalue weighted by Crippen LogP contribution is -2.38. The third kappa shape index (κ3) is 4.02. The molecule has 1 fully saturated rings. The molecular formula is C16H24FNO. The largest absolute Gasteiger partial charge is 0.381 e. The van der Waals surface area contributed by atoms with Crippen LogP contribution in [0.5, 0.6) is 0 Å². The van der Waals surface area contributed by atoms with Gasteiger partial charge >= 0.3 is 0 Å². The molecule has 1 aromatic carbocycles. The van der Waals surface area contributed by atoms with Crippen molar-refractivity contribution >= 4 is 0 Å². The minimum atomic E-state index is -0.157. The lowest BCUT2D eigenvalue weighted by atomic mass is 9.82. The van der Waals surface area contributed by atoms with Crippen LogP contribution < -0.4 is 5.32 Å². The summed E-state index contributed by atoms with van der Waals surface area (Å²) < 4.78 is 18.7. The standard InChI is InChI=1S/C16H24FNO/c1-3-15(13-5-4-6-14(17)11-13)18-12-16(2)7-9-19-10-8-16/h4-6,11,15,18H,3,7-10,12H2,1-2H3. The number of hydrogen-bond donors (Lipinski definition) is 1. The van der Waals surface area contributed by atoms with Gasteiger partial charge in [-0.2, -0.15) is 0 Å².